The van der Waals surface area contributed by atoms with E-state index in [4.69, 9.17) is 10.3 Å². The average Bonchev–Trinajstić information content (AvgIpc) is 3.18. The molecule has 0 unspecified atom stereocenters. The Morgan fingerprint density at radius 3 is 2.73 bits per heavy atom. The van der Waals surface area contributed by atoms with Crippen LogP contribution in [0.25, 0.3) is 11.4 Å². The van der Waals surface area contributed by atoms with Crippen molar-refractivity contribution in [3.05, 3.63) is 65.5 Å². The molecular formula is C21H19F3N4O2. The van der Waals surface area contributed by atoms with Gasteiger partial charge in [-0.1, -0.05) is 35.5 Å². The first kappa shape index (κ1) is 19.9. The molecule has 2 aromatic carbocycles. The van der Waals surface area contributed by atoms with Gasteiger partial charge in [-0.05, 0) is 37.1 Å². The van der Waals surface area contributed by atoms with Gasteiger partial charge in [-0.15, -0.1) is 0 Å². The van der Waals surface area contributed by atoms with Gasteiger partial charge in [-0.3, -0.25) is 4.79 Å². The fourth-order valence-corrected chi connectivity index (χ4v) is 3.80. The number of nitrogens with zero attached hydrogens (tertiary/aromatic N) is 3. The molecule has 0 radical (unpaired) electrons. The molecule has 2 heterocycles. The predicted octanol–water partition coefficient (Wildman–Crippen LogP) is 4.12. The van der Waals surface area contributed by atoms with E-state index in [2.05, 4.69) is 10.1 Å². The van der Waals surface area contributed by atoms with Crippen molar-refractivity contribution in [3.63, 3.8) is 0 Å². The summed E-state index contributed by atoms with van der Waals surface area (Å²) in [6.45, 7) is 2.23. The van der Waals surface area contributed by atoms with E-state index in [0.29, 0.717) is 6.42 Å². The molecule has 156 valence electrons. The molecule has 1 aliphatic rings. The van der Waals surface area contributed by atoms with Gasteiger partial charge in [0.25, 0.3) is 0 Å². The lowest BCUT2D eigenvalue weighted by Gasteiger charge is -2.39. The number of alkyl halides is 3. The molecule has 0 spiro atoms. The van der Waals surface area contributed by atoms with Crippen LogP contribution in [0, 0.1) is 0 Å². The van der Waals surface area contributed by atoms with Gasteiger partial charge in [-0.2, -0.15) is 18.2 Å². The highest BCUT2D eigenvalue weighted by Crippen LogP contribution is 2.39. The molecule has 30 heavy (non-hydrogen) atoms. The molecule has 3 aromatic rings. The first-order valence-electron chi connectivity index (χ1n) is 9.39. The van der Waals surface area contributed by atoms with Crippen LogP contribution in [-0.2, 0) is 17.5 Å². The summed E-state index contributed by atoms with van der Waals surface area (Å²) in [6, 6.07) is 12.2. The number of para-hydroxylation sites is 1. The third-order valence-corrected chi connectivity index (χ3v) is 5.30. The van der Waals surface area contributed by atoms with Crippen molar-refractivity contribution in [1.82, 2.24) is 10.1 Å². The Morgan fingerprint density at radius 1 is 1.23 bits per heavy atom. The highest BCUT2D eigenvalue weighted by molar-refractivity contribution is 5.85. The van der Waals surface area contributed by atoms with Crippen LogP contribution in [0.4, 0.5) is 18.9 Å². The summed E-state index contributed by atoms with van der Waals surface area (Å²) in [5.41, 5.74) is 6.70. The summed E-state index contributed by atoms with van der Waals surface area (Å²) < 4.78 is 44.2. The van der Waals surface area contributed by atoms with Crippen molar-refractivity contribution in [3.8, 4) is 11.4 Å². The van der Waals surface area contributed by atoms with Gasteiger partial charge in [-0.25, -0.2) is 0 Å². The molecule has 0 fully saturated rings. The van der Waals surface area contributed by atoms with E-state index in [9.17, 15) is 18.0 Å². The quantitative estimate of drug-likeness (QED) is 0.692. The fourth-order valence-electron chi connectivity index (χ4n) is 3.80. The highest BCUT2D eigenvalue weighted by Gasteiger charge is 2.34. The summed E-state index contributed by atoms with van der Waals surface area (Å²) in [7, 11) is 0. The molecule has 2 atom stereocenters. The molecule has 1 aromatic heterocycles. The van der Waals surface area contributed by atoms with E-state index in [-0.39, 0.29) is 41.7 Å². The van der Waals surface area contributed by atoms with Crippen LogP contribution in [0.2, 0.25) is 0 Å². The van der Waals surface area contributed by atoms with E-state index in [1.165, 1.54) is 12.1 Å². The zero-order valence-corrected chi connectivity index (χ0v) is 16.1. The molecule has 2 N–H and O–H groups in total. The third kappa shape index (κ3) is 3.74. The number of hydrogen-bond donors (Lipinski definition) is 1. The maximum Gasteiger partial charge on any atom is 0.416 e. The number of hydrogen-bond acceptors (Lipinski definition) is 5. The maximum absolute atomic E-state index is 13.0. The van der Waals surface area contributed by atoms with E-state index < -0.39 is 11.7 Å². The second kappa shape index (κ2) is 7.47. The standard InChI is InChI=1S/C21H19F3N4O2/c1-12-9-16(19(25)29)15-7-2-3-8-17(15)28(12)11-18-26-20(27-30-18)13-5-4-6-14(10-13)21(22,23)24/h2-8,10,12,16H,9,11H2,1H3,(H2,25,29)/t12-,16-/m1/s1. The van der Waals surface area contributed by atoms with E-state index >= 15 is 0 Å². The lowest BCUT2D eigenvalue weighted by molar-refractivity contribution is -0.137. The zero-order chi connectivity index (χ0) is 21.5. The first-order chi connectivity index (χ1) is 14.2. The lowest BCUT2D eigenvalue weighted by atomic mass is 9.85. The minimum Gasteiger partial charge on any atom is -0.369 e. The van der Waals surface area contributed by atoms with E-state index in [1.807, 2.05) is 36.1 Å². The van der Waals surface area contributed by atoms with Crippen LogP contribution in [0.5, 0.6) is 0 Å². The second-order valence-corrected chi connectivity index (χ2v) is 7.32. The highest BCUT2D eigenvalue weighted by atomic mass is 19.4. The van der Waals surface area contributed by atoms with Crippen molar-refractivity contribution < 1.29 is 22.5 Å². The monoisotopic (exact) mass is 416 g/mol. The van der Waals surface area contributed by atoms with Gasteiger partial charge >= 0.3 is 6.18 Å². The maximum atomic E-state index is 13.0. The van der Waals surface area contributed by atoms with Crippen LogP contribution >= 0.6 is 0 Å². The minimum atomic E-state index is -4.45. The molecule has 4 rings (SSSR count). The molecule has 6 nitrogen and oxygen atoms in total. The SMILES string of the molecule is C[C@@H]1C[C@@H](C(N)=O)c2ccccc2N1Cc1nc(-c2cccc(C(F)(F)F)c2)no1. The van der Waals surface area contributed by atoms with Crippen LogP contribution in [-0.4, -0.2) is 22.1 Å². The van der Waals surface area contributed by atoms with Crippen LogP contribution < -0.4 is 10.6 Å². The number of carbonyl (C=O) groups excluding carboxylic acids is 1. The summed E-state index contributed by atoms with van der Waals surface area (Å²) in [6.07, 6.45) is -3.91. The summed E-state index contributed by atoms with van der Waals surface area (Å²) >= 11 is 0. The molecule has 0 aliphatic carbocycles. The fraction of sp³-hybridized carbons (Fsp3) is 0.286. The Bertz CT molecular complexity index is 1080. The normalized spacial score (nSPS) is 18.9. The van der Waals surface area contributed by atoms with Gasteiger partial charge in [0.1, 0.15) is 0 Å². The van der Waals surface area contributed by atoms with Crippen LogP contribution in [0.3, 0.4) is 0 Å². The van der Waals surface area contributed by atoms with Gasteiger partial charge < -0.3 is 15.2 Å². The molecular weight excluding hydrogens is 397 g/mol. The Labute approximate surface area is 170 Å². The second-order valence-electron chi connectivity index (χ2n) is 7.32. The predicted molar refractivity (Wildman–Crippen MR) is 103 cm³/mol. The summed E-state index contributed by atoms with van der Waals surface area (Å²) in [4.78, 5) is 18.2. The molecule has 1 aliphatic heterocycles. The number of amides is 1. The average molecular weight is 416 g/mol. The number of aromatic nitrogens is 2. The number of carbonyl (C=O) groups is 1. The van der Waals surface area contributed by atoms with E-state index in [1.54, 1.807) is 0 Å². The van der Waals surface area contributed by atoms with Crippen LogP contribution in [0.1, 0.15) is 36.3 Å². The van der Waals surface area contributed by atoms with Gasteiger partial charge in [0.15, 0.2) is 0 Å². The summed E-state index contributed by atoms with van der Waals surface area (Å²) in [5.74, 6) is -0.403. The molecule has 9 heteroatoms. The third-order valence-electron chi connectivity index (χ3n) is 5.30. The zero-order valence-electron chi connectivity index (χ0n) is 16.1. The Balaban J connectivity index is 1.61. The van der Waals surface area contributed by atoms with Crippen molar-refractivity contribution in [1.29, 1.82) is 0 Å². The number of nitrogens with two attached hydrogens (primary N) is 1. The lowest BCUT2D eigenvalue weighted by Crippen LogP contribution is -2.41. The number of anilines is 1. The number of benzene rings is 2. The Hall–Kier alpha value is -3.36. The number of primary amides is 1. The Morgan fingerprint density at radius 2 is 2.00 bits per heavy atom. The van der Waals surface area contributed by atoms with Gasteiger partial charge in [0, 0.05) is 17.3 Å². The molecule has 0 saturated carbocycles. The number of halogens is 3. The smallest absolute Gasteiger partial charge is 0.369 e. The molecule has 1 amide bonds. The first-order valence-corrected chi connectivity index (χ1v) is 9.39. The number of fused-ring (bicyclic) bond motifs is 1. The van der Waals surface area contributed by atoms with Crippen molar-refractivity contribution in [2.75, 3.05) is 4.90 Å². The minimum absolute atomic E-state index is 0.0266. The van der Waals surface area contributed by atoms with Crippen molar-refractivity contribution >= 4 is 11.6 Å². The Kier molecular flexibility index (Phi) is 4.97. The van der Waals surface area contributed by atoms with Crippen LogP contribution in [0.15, 0.2) is 53.1 Å². The van der Waals surface area contributed by atoms with Crippen molar-refractivity contribution in [2.24, 2.45) is 5.73 Å². The van der Waals surface area contributed by atoms with Crippen molar-refractivity contribution in [2.45, 2.75) is 38.0 Å². The van der Waals surface area contributed by atoms with Gasteiger partial charge in [0.2, 0.25) is 17.6 Å². The topological polar surface area (TPSA) is 85.3 Å². The molecule has 0 saturated heterocycles. The van der Waals surface area contributed by atoms with Gasteiger partial charge in [0.05, 0.1) is 18.0 Å². The summed E-state index contributed by atoms with van der Waals surface area (Å²) in [5, 5.41) is 3.85. The molecule has 0 bridgehead atoms. The largest absolute Gasteiger partial charge is 0.416 e. The number of rotatable bonds is 4. The van der Waals surface area contributed by atoms with E-state index in [0.717, 1.165) is 23.4 Å².